The van der Waals surface area contributed by atoms with Gasteiger partial charge < -0.3 is 4.90 Å². The molecule has 112 valence electrons. The molecule has 0 bridgehead atoms. The summed E-state index contributed by atoms with van der Waals surface area (Å²) in [4.78, 5) is 2.11. The van der Waals surface area contributed by atoms with E-state index >= 15 is 0 Å². The van der Waals surface area contributed by atoms with Gasteiger partial charge in [-0.15, -0.1) is 10.2 Å². The van der Waals surface area contributed by atoms with Gasteiger partial charge in [0, 0.05) is 30.6 Å². The van der Waals surface area contributed by atoms with Gasteiger partial charge in [-0.3, -0.25) is 0 Å². The zero-order valence-corrected chi connectivity index (χ0v) is 12.8. The minimum Gasteiger partial charge on any atom is -0.377 e. The largest absolute Gasteiger partial charge is 0.377 e. The molecule has 0 aliphatic rings. The number of sulfone groups is 1. The predicted molar refractivity (Wildman–Crippen MR) is 81.3 cm³/mol. The molecule has 0 saturated heterocycles. The number of benzene rings is 2. The van der Waals surface area contributed by atoms with Crippen LogP contribution < -0.4 is 4.90 Å². The van der Waals surface area contributed by atoms with E-state index in [1.807, 2.05) is 37.2 Å². The van der Waals surface area contributed by atoms with E-state index in [-0.39, 0.29) is 9.92 Å². The number of anilines is 1. The molecule has 0 atom stereocenters. The normalized spacial score (nSPS) is 11.5. The summed E-state index contributed by atoms with van der Waals surface area (Å²) in [7, 11) is 0.0192. The maximum absolute atomic E-state index is 12.7. The second-order valence-corrected chi connectivity index (χ2v) is 6.75. The van der Waals surface area contributed by atoms with Gasteiger partial charge in [0.2, 0.25) is 14.9 Å². The molecule has 0 unspecified atom stereocenters. The first kappa shape index (κ1) is 14.3. The molecule has 0 spiro atoms. The summed E-state index contributed by atoms with van der Waals surface area (Å²) in [5.74, 6) is 0. The molecule has 3 rings (SSSR count). The lowest BCUT2D eigenvalue weighted by Gasteiger charge is -2.16. The molecule has 0 aliphatic carbocycles. The molecule has 8 heteroatoms. The second-order valence-electron chi connectivity index (χ2n) is 4.89. The molecule has 7 nitrogen and oxygen atoms in total. The van der Waals surface area contributed by atoms with E-state index in [2.05, 4.69) is 20.6 Å². The molecule has 1 heterocycles. The Balaban J connectivity index is 2.31. The first-order chi connectivity index (χ1) is 10.5. The fourth-order valence-electron chi connectivity index (χ4n) is 2.31. The number of hydrogen-bond donors (Lipinski definition) is 0. The lowest BCUT2D eigenvalue weighted by atomic mass is 10.1. The summed E-state index contributed by atoms with van der Waals surface area (Å²) in [6.45, 7) is 0. The monoisotopic (exact) mass is 315 g/mol. The number of hydrogen-bond acceptors (Lipinski definition) is 7. The summed E-state index contributed by atoms with van der Waals surface area (Å²) in [6.07, 6.45) is 1.09. The van der Waals surface area contributed by atoms with E-state index in [1.165, 1.54) is 0 Å². The molecule has 0 fully saturated rings. The molecular formula is C14H13N5O2S. The van der Waals surface area contributed by atoms with Gasteiger partial charge in [0.1, 0.15) is 0 Å². The average Bonchev–Trinajstić information content (AvgIpc) is 2.54. The fourth-order valence-corrected chi connectivity index (χ4v) is 3.59. The van der Waals surface area contributed by atoms with Crippen LogP contribution in [0.2, 0.25) is 0 Å². The molecule has 3 aromatic rings. The van der Waals surface area contributed by atoms with Crippen LogP contribution in [0.4, 0.5) is 5.69 Å². The van der Waals surface area contributed by atoms with Crippen molar-refractivity contribution in [3.63, 3.8) is 0 Å². The van der Waals surface area contributed by atoms with Crippen molar-refractivity contribution in [3.8, 4) is 0 Å². The quantitative estimate of drug-likeness (QED) is 0.720. The van der Waals surface area contributed by atoms with Crippen LogP contribution in [0.1, 0.15) is 0 Å². The lowest BCUT2D eigenvalue weighted by Crippen LogP contribution is -2.10. The van der Waals surface area contributed by atoms with Crippen LogP contribution in [0.25, 0.3) is 10.8 Å². The zero-order chi connectivity index (χ0) is 15.7. The highest BCUT2D eigenvalue weighted by Gasteiger charge is 2.23. The highest BCUT2D eigenvalue weighted by Crippen LogP contribution is 2.32. The Kier molecular flexibility index (Phi) is 3.45. The van der Waals surface area contributed by atoms with Crippen LogP contribution in [-0.2, 0) is 9.84 Å². The van der Waals surface area contributed by atoms with Crippen LogP contribution >= 0.6 is 0 Å². The third-order valence-corrected chi connectivity index (χ3v) is 4.98. The summed E-state index contributed by atoms with van der Waals surface area (Å²) >= 11 is 0. The van der Waals surface area contributed by atoms with Crippen LogP contribution in [0.5, 0.6) is 0 Å². The standard InChI is InChI=1S/C14H13N5O2S/c1-19(2)12-7-3-6-11-10(12)5-4-8-13(11)22(20,21)14-9-15-17-18-16-14/h3-9H,1-2H3. The SMILES string of the molecule is CN(C)c1cccc2c(S(=O)(=O)c3cnnnn3)cccc12. The number of nitrogens with zero attached hydrogens (tertiary/aromatic N) is 5. The van der Waals surface area contributed by atoms with Crippen molar-refractivity contribution in [3.05, 3.63) is 42.6 Å². The van der Waals surface area contributed by atoms with Crippen LogP contribution in [0.15, 0.2) is 52.5 Å². The van der Waals surface area contributed by atoms with Crippen molar-refractivity contribution >= 4 is 26.3 Å². The fraction of sp³-hybridized carbons (Fsp3) is 0.143. The maximum Gasteiger partial charge on any atom is 0.228 e. The molecule has 2 aromatic carbocycles. The molecular weight excluding hydrogens is 302 g/mol. The van der Waals surface area contributed by atoms with Gasteiger partial charge in [-0.2, -0.15) is 0 Å². The van der Waals surface area contributed by atoms with E-state index in [0.717, 1.165) is 17.3 Å². The van der Waals surface area contributed by atoms with Crippen LogP contribution in [0.3, 0.4) is 0 Å². The van der Waals surface area contributed by atoms with E-state index in [0.29, 0.717) is 5.39 Å². The van der Waals surface area contributed by atoms with Crippen LogP contribution in [0, 0.1) is 0 Å². The van der Waals surface area contributed by atoms with Crippen molar-refractivity contribution < 1.29 is 8.42 Å². The third-order valence-electron chi connectivity index (χ3n) is 3.31. The lowest BCUT2D eigenvalue weighted by molar-refractivity contribution is 0.583. The predicted octanol–water partition coefficient (Wildman–Crippen LogP) is 1.32. The average molecular weight is 315 g/mol. The summed E-state index contributed by atoms with van der Waals surface area (Å²) < 4.78 is 25.5. The van der Waals surface area contributed by atoms with Crippen molar-refractivity contribution in [2.45, 2.75) is 9.92 Å². The highest BCUT2D eigenvalue weighted by molar-refractivity contribution is 7.91. The van der Waals surface area contributed by atoms with Gasteiger partial charge in [-0.25, -0.2) is 8.42 Å². The maximum atomic E-state index is 12.7. The Morgan fingerprint density at radius 2 is 1.68 bits per heavy atom. The van der Waals surface area contributed by atoms with Crippen molar-refractivity contribution in [2.75, 3.05) is 19.0 Å². The van der Waals surface area contributed by atoms with Gasteiger partial charge in [-0.1, -0.05) is 24.3 Å². The molecule has 0 aliphatic heterocycles. The van der Waals surface area contributed by atoms with Crippen LogP contribution in [-0.4, -0.2) is 43.1 Å². The Hall–Kier alpha value is -2.61. The van der Waals surface area contributed by atoms with Gasteiger partial charge in [0.05, 0.1) is 11.1 Å². The van der Waals surface area contributed by atoms with Gasteiger partial charge in [0.15, 0.2) is 0 Å². The molecule has 0 N–H and O–H groups in total. The number of aromatic nitrogens is 4. The first-order valence-corrected chi connectivity index (χ1v) is 7.95. The minimum absolute atomic E-state index is 0.177. The highest BCUT2D eigenvalue weighted by atomic mass is 32.2. The summed E-state index contributed by atoms with van der Waals surface area (Å²) in [5, 5.41) is 14.9. The summed E-state index contributed by atoms with van der Waals surface area (Å²) in [6, 6.07) is 10.7. The Morgan fingerprint density at radius 3 is 2.36 bits per heavy atom. The molecule has 1 aromatic heterocycles. The smallest absolute Gasteiger partial charge is 0.228 e. The topological polar surface area (TPSA) is 88.9 Å². The van der Waals surface area contributed by atoms with Gasteiger partial charge in [0.25, 0.3) is 0 Å². The Labute approximate surface area is 127 Å². The van der Waals surface area contributed by atoms with Crippen molar-refractivity contribution in [1.82, 2.24) is 20.6 Å². The van der Waals surface area contributed by atoms with E-state index in [9.17, 15) is 8.42 Å². The molecule has 0 amide bonds. The van der Waals surface area contributed by atoms with E-state index < -0.39 is 9.84 Å². The Morgan fingerprint density at radius 1 is 0.955 bits per heavy atom. The molecule has 0 saturated carbocycles. The second kappa shape index (κ2) is 5.30. The van der Waals surface area contributed by atoms with E-state index in [1.54, 1.807) is 18.2 Å². The molecule has 0 radical (unpaired) electrons. The minimum atomic E-state index is -3.80. The Bertz CT molecular complexity index is 926. The van der Waals surface area contributed by atoms with Crippen molar-refractivity contribution in [1.29, 1.82) is 0 Å². The van der Waals surface area contributed by atoms with E-state index in [4.69, 9.17) is 0 Å². The van der Waals surface area contributed by atoms with Crippen molar-refractivity contribution in [2.24, 2.45) is 0 Å². The van der Waals surface area contributed by atoms with Gasteiger partial charge >= 0.3 is 0 Å². The third kappa shape index (κ3) is 2.27. The van der Waals surface area contributed by atoms with Gasteiger partial charge in [-0.05, 0) is 22.6 Å². The zero-order valence-electron chi connectivity index (χ0n) is 12.0. The number of fused-ring (bicyclic) bond motifs is 1. The number of rotatable bonds is 3. The molecule has 22 heavy (non-hydrogen) atoms. The first-order valence-electron chi connectivity index (χ1n) is 6.47. The summed E-state index contributed by atoms with van der Waals surface area (Å²) in [5.41, 5.74) is 0.938.